The molecule has 0 aromatic rings. The summed E-state index contributed by atoms with van der Waals surface area (Å²) in [6.45, 7) is 0.370. The largest absolute Gasteiger partial charge is 0.355 e. The summed E-state index contributed by atoms with van der Waals surface area (Å²) in [5.41, 5.74) is -1.10. The highest BCUT2D eigenvalue weighted by Crippen LogP contribution is 2.44. The van der Waals surface area contributed by atoms with Crippen molar-refractivity contribution >= 4 is 13.5 Å². The molecule has 1 unspecified atom stereocenters. The number of nitrogens with one attached hydrogen (secondary N) is 1. The Morgan fingerprint density at radius 2 is 2.20 bits per heavy atom. The van der Waals surface area contributed by atoms with Gasteiger partial charge in [0, 0.05) is 6.54 Å². The third kappa shape index (κ3) is 1.37. The molecule has 1 fully saturated rings. The van der Waals surface area contributed by atoms with Gasteiger partial charge in [0.1, 0.15) is 5.66 Å². The minimum absolute atomic E-state index is 0.239. The van der Waals surface area contributed by atoms with Crippen LogP contribution in [-0.2, 0) is 9.36 Å². The van der Waals surface area contributed by atoms with Gasteiger partial charge in [0.25, 0.3) is 0 Å². The average molecular weight is 165 g/mol. The predicted octanol–water partition coefficient (Wildman–Crippen LogP) is -0.947. The summed E-state index contributed by atoms with van der Waals surface area (Å²) in [6.07, 6.45) is 0.239. The highest BCUT2D eigenvalue weighted by atomic mass is 31.2. The fraction of sp³-hybridized carbons (Fsp3) is 0.750. The first-order valence-electron chi connectivity index (χ1n) is 2.85. The number of rotatable bonds is 1. The molecule has 1 rings (SSSR count). The first-order valence-corrected chi connectivity index (χ1v) is 4.53. The Morgan fingerprint density at radius 3 is 2.40 bits per heavy atom. The molecule has 1 amide bonds. The van der Waals surface area contributed by atoms with Gasteiger partial charge in [-0.15, -0.1) is 0 Å². The molecule has 0 spiro atoms. The number of carbonyl (C=O) groups is 1. The van der Waals surface area contributed by atoms with Crippen LogP contribution in [0.25, 0.3) is 0 Å². The van der Waals surface area contributed by atoms with Crippen LogP contribution in [0.5, 0.6) is 0 Å². The third-order valence-electron chi connectivity index (χ3n) is 1.43. The van der Waals surface area contributed by atoms with E-state index in [2.05, 4.69) is 5.32 Å². The highest BCUT2D eigenvalue weighted by Gasteiger charge is 2.38. The normalized spacial score (nSPS) is 26.6. The number of amides is 1. The number of hydrogen-bond donors (Lipinski definition) is 3. The maximum absolute atomic E-state index is 10.6. The SMILES string of the molecule is O=C1NCCC1P(=O)(O)O. The van der Waals surface area contributed by atoms with Crippen LogP contribution in [0.3, 0.4) is 0 Å². The zero-order valence-corrected chi connectivity index (χ0v) is 6.04. The van der Waals surface area contributed by atoms with Gasteiger partial charge in [0.05, 0.1) is 0 Å². The summed E-state index contributed by atoms with van der Waals surface area (Å²) in [6, 6.07) is 0. The predicted molar refractivity (Wildman–Crippen MR) is 33.5 cm³/mol. The lowest BCUT2D eigenvalue weighted by Crippen LogP contribution is -2.22. The van der Waals surface area contributed by atoms with Crippen molar-refractivity contribution in [2.45, 2.75) is 12.1 Å². The second kappa shape index (κ2) is 2.34. The molecule has 1 heterocycles. The van der Waals surface area contributed by atoms with Crippen molar-refractivity contribution in [3.63, 3.8) is 0 Å². The highest BCUT2D eigenvalue weighted by molar-refractivity contribution is 7.53. The standard InChI is InChI=1S/C4H8NO4P/c6-4-3(1-2-5-4)10(7,8)9/h3H,1-2H2,(H,5,6)(H2,7,8,9). The van der Waals surface area contributed by atoms with Gasteiger partial charge in [-0.1, -0.05) is 0 Å². The van der Waals surface area contributed by atoms with E-state index in [0.717, 1.165) is 0 Å². The van der Waals surface area contributed by atoms with E-state index in [1.807, 2.05) is 0 Å². The molecule has 0 aliphatic carbocycles. The molecule has 58 valence electrons. The molecular weight excluding hydrogens is 157 g/mol. The molecule has 3 N–H and O–H groups in total. The van der Waals surface area contributed by atoms with Crippen LogP contribution >= 0.6 is 7.60 Å². The Bertz CT molecular complexity index is 197. The molecule has 0 radical (unpaired) electrons. The van der Waals surface area contributed by atoms with Crippen LogP contribution in [0.4, 0.5) is 0 Å². The third-order valence-corrected chi connectivity index (χ3v) is 2.73. The Morgan fingerprint density at radius 1 is 1.60 bits per heavy atom. The maximum Gasteiger partial charge on any atom is 0.338 e. The lowest BCUT2D eigenvalue weighted by Gasteiger charge is -2.07. The van der Waals surface area contributed by atoms with Crippen molar-refractivity contribution in [2.75, 3.05) is 6.54 Å². The van der Waals surface area contributed by atoms with E-state index in [1.54, 1.807) is 0 Å². The molecule has 0 bridgehead atoms. The molecule has 0 aromatic carbocycles. The van der Waals surface area contributed by atoms with Crippen molar-refractivity contribution in [1.29, 1.82) is 0 Å². The van der Waals surface area contributed by atoms with E-state index in [0.29, 0.717) is 6.54 Å². The van der Waals surface area contributed by atoms with Crippen LogP contribution in [0.1, 0.15) is 6.42 Å². The van der Waals surface area contributed by atoms with E-state index in [4.69, 9.17) is 9.79 Å². The van der Waals surface area contributed by atoms with Crippen molar-refractivity contribution < 1.29 is 19.1 Å². The zero-order chi connectivity index (χ0) is 7.78. The quantitative estimate of drug-likeness (QED) is 0.437. The molecule has 1 aliphatic rings. The van der Waals surface area contributed by atoms with Gasteiger partial charge in [0.15, 0.2) is 0 Å². The summed E-state index contributed by atoms with van der Waals surface area (Å²) >= 11 is 0. The van der Waals surface area contributed by atoms with Gasteiger partial charge >= 0.3 is 7.60 Å². The average Bonchev–Trinajstić information content (AvgIpc) is 2.11. The molecule has 1 aliphatic heterocycles. The summed E-state index contributed by atoms with van der Waals surface area (Å²) in [7, 11) is -4.18. The summed E-state index contributed by atoms with van der Waals surface area (Å²) in [4.78, 5) is 27.7. The molecule has 1 atom stereocenters. The van der Waals surface area contributed by atoms with E-state index in [-0.39, 0.29) is 6.42 Å². The van der Waals surface area contributed by atoms with Crippen LogP contribution < -0.4 is 5.32 Å². The van der Waals surface area contributed by atoms with Crippen molar-refractivity contribution in [3.8, 4) is 0 Å². The molecule has 10 heavy (non-hydrogen) atoms. The molecular formula is C4H8NO4P. The van der Waals surface area contributed by atoms with E-state index >= 15 is 0 Å². The first kappa shape index (κ1) is 7.72. The van der Waals surface area contributed by atoms with Gasteiger partial charge in [-0.05, 0) is 6.42 Å². The second-order valence-corrected chi connectivity index (χ2v) is 3.99. The molecule has 1 saturated heterocycles. The number of carbonyl (C=O) groups excluding carboxylic acids is 1. The summed E-state index contributed by atoms with van der Waals surface area (Å²) in [5.74, 6) is -0.534. The number of hydrogen-bond acceptors (Lipinski definition) is 2. The molecule has 5 nitrogen and oxygen atoms in total. The van der Waals surface area contributed by atoms with Crippen LogP contribution in [0.2, 0.25) is 0 Å². The van der Waals surface area contributed by atoms with Gasteiger partial charge < -0.3 is 15.1 Å². The Balaban J connectivity index is 2.74. The molecule has 0 saturated carbocycles. The Hall–Kier alpha value is -0.380. The summed E-state index contributed by atoms with van der Waals surface area (Å²) in [5, 5.41) is 2.34. The topological polar surface area (TPSA) is 86.6 Å². The fourth-order valence-corrected chi connectivity index (χ4v) is 1.76. The van der Waals surface area contributed by atoms with Gasteiger partial charge in [-0.25, -0.2) is 0 Å². The lowest BCUT2D eigenvalue weighted by atomic mass is 10.4. The van der Waals surface area contributed by atoms with Crippen molar-refractivity contribution in [1.82, 2.24) is 5.32 Å². The minimum atomic E-state index is -4.18. The van der Waals surface area contributed by atoms with E-state index < -0.39 is 19.2 Å². The molecule has 0 aromatic heterocycles. The van der Waals surface area contributed by atoms with E-state index in [1.165, 1.54) is 0 Å². The monoisotopic (exact) mass is 165 g/mol. The lowest BCUT2D eigenvalue weighted by molar-refractivity contribution is -0.119. The van der Waals surface area contributed by atoms with E-state index in [9.17, 15) is 9.36 Å². The van der Waals surface area contributed by atoms with Crippen LogP contribution in [-0.4, -0.2) is 27.9 Å². The first-order chi connectivity index (χ1) is 4.52. The van der Waals surface area contributed by atoms with Crippen LogP contribution in [0, 0.1) is 0 Å². The Labute approximate surface area is 57.6 Å². The smallest absolute Gasteiger partial charge is 0.338 e. The molecule has 6 heteroatoms. The van der Waals surface area contributed by atoms with Gasteiger partial charge in [-0.2, -0.15) is 0 Å². The summed E-state index contributed by atoms with van der Waals surface area (Å²) < 4.78 is 10.5. The second-order valence-electron chi connectivity index (χ2n) is 2.18. The van der Waals surface area contributed by atoms with Gasteiger partial charge in [0.2, 0.25) is 5.91 Å². The fourth-order valence-electron chi connectivity index (χ4n) is 0.902. The van der Waals surface area contributed by atoms with Gasteiger partial charge in [-0.3, -0.25) is 9.36 Å². The maximum atomic E-state index is 10.6. The van der Waals surface area contributed by atoms with Crippen molar-refractivity contribution in [2.24, 2.45) is 0 Å². The Kier molecular flexibility index (Phi) is 1.81. The minimum Gasteiger partial charge on any atom is -0.355 e. The zero-order valence-electron chi connectivity index (χ0n) is 5.15. The van der Waals surface area contributed by atoms with Crippen molar-refractivity contribution in [3.05, 3.63) is 0 Å². The van der Waals surface area contributed by atoms with Crippen LogP contribution in [0.15, 0.2) is 0 Å².